The third kappa shape index (κ3) is 4.09. The number of benzene rings is 1. The van der Waals surface area contributed by atoms with E-state index in [0.29, 0.717) is 12.3 Å². The molecule has 26 heavy (non-hydrogen) atoms. The topological polar surface area (TPSA) is 58.0 Å². The summed E-state index contributed by atoms with van der Waals surface area (Å²) in [7, 11) is 0. The van der Waals surface area contributed by atoms with E-state index in [4.69, 9.17) is 51.1 Å². The maximum absolute atomic E-state index is 11.0. The monoisotopic (exact) mass is 433 g/mol. The van der Waals surface area contributed by atoms with E-state index in [1.807, 2.05) is 30.3 Å². The Balaban J connectivity index is 1.79. The van der Waals surface area contributed by atoms with E-state index in [1.165, 1.54) is 6.20 Å². The van der Waals surface area contributed by atoms with Gasteiger partial charge in [-0.15, -0.1) is 0 Å². The molecule has 1 unspecified atom stereocenters. The van der Waals surface area contributed by atoms with Gasteiger partial charge in [-0.05, 0) is 17.7 Å². The van der Waals surface area contributed by atoms with Crippen molar-refractivity contribution in [3.63, 3.8) is 0 Å². The molecule has 5 nitrogen and oxygen atoms in total. The first kappa shape index (κ1) is 19.7. The molecule has 9 heteroatoms. The third-order valence-corrected chi connectivity index (χ3v) is 5.02. The van der Waals surface area contributed by atoms with Gasteiger partial charge >= 0.3 is 0 Å². The molecule has 0 amide bonds. The minimum Gasteiger partial charge on any atom is -0.371 e. The predicted molar refractivity (Wildman–Crippen MR) is 105 cm³/mol. The molecule has 0 aliphatic carbocycles. The van der Waals surface area contributed by atoms with E-state index in [0.717, 1.165) is 10.6 Å². The molecule has 3 rings (SSSR count). The minimum atomic E-state index is -2.04. The number of pyridine rings is 1. The summed E-state index contributed by atoms with van der Waals surface area (Å²) in [5.41, 5.74) is -0.398. The van der Waals surface area contributed by atoms with Gasteiger partial charge < -0.3 is 9.84 Å². The van der Waals surface area contributed by atoms with Gasteiger partial charge in [-0.3, -0.25) is 0 Å². The Morgan fingerprint density at radius 2 is 1.85 bits per heavy atom. The Kier molecular flexibility index (Phi) is 5.97. The summed E-state index contributed by atoms with van der Waals surface area (Å²) in [6, 6.07) is 13.0. The highest BCUT2D eigenvalue weighted by Gasteiger charge is 2.57. The molecule has 1 aliphatic heterocycles. The number of aromatic nitrogens is 1. The number of alkyl halides is 3. The SMILES string of the molecule is OC1(C(Cl)(Cl)Cl)CC(COCc2ccccc2)=NN1c1ncccc1Cl. The van der Waals surface area contributed by atoms with Crippen molar-refractivity contribution in [1.29, 1.82) is 0 Å². The second kappa shape index (κ2) is 7.89. The van der Waals surface area contributed by atoms with Crippen LogP contribution >= 0.6 is 46.4 Å². The van der Waals surface area contributed by atoms with Gasteiger partial charge in [0.1, 0.15) is 0 Å². The molecule has 1 aromatic carbocycles. The Hall–Kier alpha value is -1.08. The van der Waals surface area contributed by atoms with Crippen molar-refractivity contribution in [1.82, 2.24) is 4.98 Å². The summed E-state index contributed by atoms with van der Waals surface area (Å²) in [5, 5.41) is 16.8. The van der Waals surface area contributed by atoms with Crippen molar-refractivity contribution in [2.45, 2.75) is 22.5 Å². The van der Waals surface area contributed by atoms with E-state index >= 15 is 0 Å². The average Bonchev–Trinajstić information content (AvgIpc) is 2.94. The first-order valence-corrected chi connectivity index (χ1v) is 9.20. The molecular formula is C17H15Cl4N3O2. The lowest BCUT2D eigenvalue weighted by molar-refractivity contribution is 0.0545. The zero-order chi connectivity index (χ0) is 18.8. The quantitative estimate of drug-likeness (QED) is 0.700. The van der Waals surface area contributed by atoms with Crippen molar-refractivity contribution in [3.05, 3.63) is 59.2 Å². The normalized spacial score (nSPS) is 20.3. The summed E-state index contributed by atoms with van der Waals surface area (Å²) in [6.07, 6.45) is 1.49. The summed E-state index contributed by atoms with van der Waals surface area (Å²) < 4.78 is 3.63. The predicted octanol–water partition coefficient (Wildman–Crippen LogP) is 4.58. The number of anilines is 1. The molecule has 0 fully saturated rings. The lowest BCUT2D eigenvalue weighted by atomic mass is 10.1. The van der Waals surface area contributed by atoms with Crippen LogP contribution in [0.5, 0.6) is 0 Å². The van der Waals surface area contributed by atoms with Crippen molar-refractivity contribution in [2.75, 3.05) is 11.6 Å². The number of hydrazone groups is 1. The van der Waals surface area contributed by atoms with Gasteiger partial charge in [0.15, 0.2) is 5.82 Å². The molecule has 2 heterocycles. The fraction of sp³-hybridized carbons (Fsp3) is 0.294. The number of halogens is 4. The summed E-state index contributed by atoms with van der Waals surface area (Å²) in [5.74, 6) is 0.195. The largest absolute Gasteiger partial charge is 0.371 e. The van der Waals surface area contributed by atoms with Gasteiger partial charge in [-0.1, -0.05) is 76.7 Å². The second-order valence-electron chi connectivity index (χ2n) is 5.76. The second-order valence-corrected chi connectivity index (χ2v) is 8.44. The third-order valence-electron chi connectivity index (χ3n) is 3.82. The van der Waals surface area contributed by atoms with Crippen LogP contribution in [0.1, 0.15) is 12.0 Å². The van der Waals surface area contributed by atoms with Gasteiger partial charge in [0.2, 0.25) is 9.52 Å². The van der Waals surface area contributed by atoms with Crippen LogP contribution in [-0.4, -0.2) is 31.9 Å². The highest BCUT2D eigenvalue weighted by Crippen LogP contribution is 2.47. The standard InChI is InChI=1S/C17H15Cl4N3O2/c18-14-7-4-8-22-15(14)24-16(25,17(19,20)21)9-13(23-24)11-26-10-12-5-2-1-3-6-12/h1-8,25H,9-11H2. The fourth-order valence-corrected chi connectivity index (χ4v) is 3.18. The van der Waals surface area contributed by atoms with Gasteiger partial charge in [-0.25, -0.2) is 9.99 Å². The van der Waals surface area contributed by atoms with Crippen LogP contribution in [0.4, 0.5) is 5.82 Å². The summed E-state index contributed by atoms with van der Waals surface area (Å²) >= 11 is 24.2. The molecule has 138 valence electrons. The molecule has 0 bridgehead atoms. The number of aliphatic hydroxyl groups is 1. The Labute approximate surface area is 171 Å². The van der Waals surface area contributed by atoms with E-state index in [9.17, 15) is 5.11 Å². The molecule has 1 aromatic heterocycles. The highest BCUT2D eigenvalue weighted by atomic mass is 35.6. The summed E-state index contributed by atoms with van der Waals surface area (Å²) in [6.45, 7) is 0.565. The number of ether oxygens (including phenoxy) is 1. The average molecular weight is 435 g/mol. The lowest BCUT2D eigenvalue weighted by Gasteiger charge is -2.37. The van der Waals surface area contributed by atoms with Crippen LogP contribution in [0.15, 0.2) is 53.8 Å². The van der Waals surface area contributed by atoms with Crippen LogP contribution in [0.2, 0.25) is 5.02 Å². The Morgan fingerprint density at radius 3 is 2.50 bits per heavy atom. The lowest BCUT2D eigenvalue weighted by Crippen LogP contribution is -2.53. The molecular weight excluding hydrogens is 420 g/mol. The van der Waals surface area contributed by atoms with Gasteiger partial charge in [-0.2, -0.15) is 5.10 Å². The number of hydrogen-bond donors (Lipinski definition) is 1. The molecule has 2 aromatic rings. The van der Waals surface area contributed by atoms with Crippen molar-refractivity contribution in [2.24, 2.45) is 5.10 Å². The molecule has 1 N–H and O–H groups in total. The van der Waals surface area contributed by atoms with Gasteiger partial charge in [0.05, 0.1) is 23.9 Å². The van der Waals surface area contributed by atoms with Crippen molar-refractivity contribution < 1.29 is 9.84 Å². The van der Waals surface area contributed by atoms with Crippen LogP contribution in [0.3, 0.4) is 0 Å². The maximum atomic E-state index is 11.0. The van der Waals surface area contributed by atoms with E-state index in [-0.39, 0.29) is 23.9 Å². The van der Waals surface area contributed by atoms with Crippen LogP contribution in [0.25, 0.3) is 0 Å². The van der Waals surface area contributed by atoms with Crippen LogP contribution in [-0.2, 0) is 11.3 Å². The smallest absolute Gasteiger partial charge is 0.239 e. The van der Waals surface area contributed by atoms with Gasteiger partial charge in [0.25, 0.3) is 0 Å². The Bertz CT molecular complexity index is 798. The Morgan fingerprint density at radius 1 is 1.12 bits per heavy atom. The van der Waals surface area contributed by atoms with Crippen LogP contribution < -0.4 is 5.01 Å². The zero-order valence-corrected chi connectivity index (χ0v) is 16.5. The minimum absolute atomic E-state index is 0.0226. The van der Waals surface area contributed by atoms with Crippen LogP contribution in [0, 0.1) is 0 Å². The molecule has 0 radical (unpaired) electrons. The number of hydrogen-bond acceptors (Lipinski definition) is 5. The molecule has 0 saturated heterocycles. The van der Waals surface area contributed by atoms with Crippen molar-refractivity contribution in [3.8, 4) is 0 Å². The van der Waals surface area contributed by atoms with Crippen molar-refractivity contribution >= 4 is 57.9 Å². The maximum Gasteiger partial charge on any atom is 0.239 e. The van der Waals surface area contributed by atoms with Gasteiger partial charge in [0, 0.05) is 12.6 Å². The number of rotatable bonds is 5. The molecule has 0 saturated carbocycles. The molecule has 0 spiro atoms. The highest BCUT2D eigenvalue weighted by molar-refractivity contribution is 6.68. The van der Waals surface area contributed by atoms with E-state index < -0.39 is 9.52 Å². The fourth-order valence-electron chi connectivity index (χ4n) is 2.54. The summed E-state index contributed by atoms with van der Waals surface area (Å²) in [4.78, 5) is 4.14. The first-order valence-electron chi connectivity index (χ1n) is 7.69. The van der Waals surface area contributed by atoms with E-state index in [2.05, 4.69) is 10.1 Å². The number of nitrogens with zero attached hydrogens (tertiary/aromatic N) is 3. The molecule has 1 atom stereocenters. The molecule has 1 aliphatic rings. The van der Waals surface area contributed by atoms with E-state index in [1.54, 1.807) is 12.1 Å². The first-order chi connectivity index (χ1) is 12.3. The zero-order valence-electron chi connectivity index (χ0n) is 13.4.